The van der Waals surface area contributed by atoms with Crippen LogP contribution in [0.15, 0.2) is 78.9 Å². The second kappa shape index (κ2) is 8.03. The number of phenolic OH excluding ortho intramolecular Hbond substituents is 1. The second-order valence-corrected chi connectivity index (χ2v) is 7.61. The van der Waals surface area contributed by atoms with Gasteiger partial charge >= 0.3 is 0 Å². The van der Waals surface area contributed by atoms with Gasteiger partial charge in [0.1, 0.15) is 5.75 Å². The van der Waals surface area contributed by atoms with E-state index in [0.29, 0.717) is 17.7 Å². The number of para-hydroxylation sites is 1. The van der Waals surface area contributed by atoms with E-state index in [1.165, 1.54) is 0 Å². The van der Waals surface area contributed by atoms with Gasteiger partial charge in [0.05, 0.1) is 6.04 Å². The van der Waals surface area contributed by atoms with E-state index in [2.05, 4.69) is 0 Å². The average molecular weight is 400 g/mol. The zero-order valence-corrected chi connectivity index (χ0v) is 17.0. The largest absolute Gasteiger partial charge is 0.508 e. The molecule has 0 aliphatic carbocycles. The number of fused-ring (bicyclic) bond motifs is 1. The van der Waals surface area contributed by atoms with E-state index in [9.17, 15) is 14.7 Å². The van der Waals surface area contributed by atoms with Gasteiger partial charge in [-0.25, -0.2) is 0 Å². The van der Waals surface area contributed by atoms with Gasteiger partial charge in [0, 0.05) is 35.5 Å². The number of rotatable bonds is 3. The van der Waals surface area contributed by atoms with E-state index in [0.717, 1.165) is 11.3 Å². The Bertz CT molecular complexity index is 1070. The molecule has 3 aromatic rings. The molecule has 1 heterocycles. The zero-order valence-electron chi connectivity index (χ0n) is 17.0. The minimum absolute atomic E-state index is 0.0875. The summed E-state index contributed by atoms with van der Waals surface area (Å²) in [6, 6.07) is 23.2. The minimum Gasteiger partial charge on any atom is -0.508 e. The van der Waals surface area contributed by atoms with Crippen molar-refractivity contribution in [3.8, 4) is 5.75 Å². The lowest BCUT2D eigenvalue weighted by atomic mass is 9.89. The van der Waals surface area contributed by atoms with Gasteiger partial charge in [-0.15, -0.1) is 0 Å². The number of anilines is 2. The third-order valence-corrected chi connectivity index (χ3v) is 5.56. The number of benzene rings is 3. The van der Waals surface area contributed by atoms with Crippen molar-refractivity contribution in [3.05, 3.63) is 90.0 Å². The Balaban J connectivity index is 1.82. The van der Waals surface area contributed by atoms with Crippen LogP contribution >= 0.6 is 0 Å². The first kappa shape index (κ1) is 19.7. The maximum absolute atomic E-state index is 13.3. The van der Waals surface area contributed by atoms with Crippen LogP contribution in [0.3, 0.4) is 0 Å². The van der Waals surface area contributed by atoms with Crippen LogP contribution in [0.4, 0.5) is 11.4 Å². The maximum Gasteiger partial charge on any atom is 0.258 e. The highest BCUT2D eigenvalue weighted by atomic mass is 16.3. The molecular formula is C25H24N2O3. The molecule has 4 rings (SSSR count). The summed E-state index contributed by atoms with van der Waals surface area (Å²) in [6.07, 6.45) is 0.559. The van der Waals surface area contributed by atoms with Crippen LogP contribution in [-0.4, -0.2) is 23.0 Å². The lowest BCUT2D eigenvalue weighted by molar-refractivity contribution is -0.117. The molecule has 1 N–H and O–H groups in total. The van der Waals surface area contributed by atoms with E-state index < -0.39 is 0 Å². The molecule has 5 nitrogen and oxygen atoms in total. The van der Waals surface area contributed by atoms with Gasteiger partial charge in [0.25, 0.3) is 5.91 Å². The van der Waals surface area contributed by atoms with Gasteiger partial charge in [0.2, 0.25) is 5.91 Å². The summed E-state index contributed by atoms with van der Waals surface area (Å²) in [4.78, 5) is 29.5. The Kier molecular flexibility index (Phi) is 5.27. The highest BCUT2D eigenvalue weighted by Crippen LogP contribution is 2.44. The Morgan fingerprint density at radius 2 is 1.60 bits per heavy atom. The first-order valence-electron chi connectivity index (χ1n) is 10.0. The molecule has 1 aliphatic heterocycles. The quantitative estimate of drug-likeness (QED) is 0.678. The number of phenols is 1. The SMILES string of the molecule is CC(=O)N(c1ccccc1)[C@H]1C[C@@H](C)N(C(=O)c2ccccc2)c2ccc(O)cc21. The summed E-state index contributed by atoms with van der Waals surface area (Å²) in [6.45, 7) is 3.54. The molecule has 0 saturated heterocycles. The first-order valence-corrected chi connectivity index (χ1v) is 10.0. The topological polar surface area (TPSA) is 60.9 Å². The van der Waals surface area contributed by atoms with Crippen LogP contribution in [0.2, 0.25) is 0 Å². The molecule has 1 aliphatic rings. The molecule has 0 fully saturated rings. The van der Waals surface area contributed by atoms with E-state index in [1.54, 1.807) is 47.1 Å². The Morgan fingerprint density at radius 1 is 0.967 bits per heavy atom. The van der Waals surface area contributed by atoms with Crippen LogP contribution in [0.25, 0.3) is 0 Å². The van der Waals surface area contributed by atoms with E-state index >= 15 is 0 Å². The fourth-order valence-corrected chi connectivity index (χ4v) is 4.26. The van der Waals surface area contributed by atoms with Crippen molar-refractivity contribution in [1.29, 1.82) is 0 Å². The molecule has 2 amide bonds. The van der Waals surface area contributed by atoms with Crippen LogP contribution in [-0.2, 0) is 4.79 Å². The number of carbonyl (C=O) groups is 2. The van der Waals surface area contributed by atoms with E-state index in [1.807, 2.05) is 55.5 Å². The van der Waals surface area contributed by atoms with Crippen molar-refractivity contribution in [2.45, 2.75) is 32.4 Å². The molecule has 5 heteroatoms. The molecule has 2 atom stereocenters. The maximum atomic E-state index is 13.3. The fourth-order valence-electron chi connectivity index (χ4n) is 4.26. The first-order chi connectivity index (χ1) is 14.5. The third-order valence-electron chi connectivity index (χ3n) is 5.56. The number of nitrogens with zero attached hydrogens (tertiary/aromatic N) is 2. The van der Waals surface area contributed by atoms with Gasteiger partial charge < -0.3 is 14.9 Å². The Morgan fingerprint density at radius 3 is 2.23 bits per heavy atom. The molecule has 0 aromatic heterocycles. The number of aromatic hydroxyl groups is 1. The lowest BCUT2D eigenvalue weighted by Gasteiger charge is -2.43. The molecule has 0 radical (unpaired) electrons. The van der Waals surface area contributed by atoms with Crippen molar-refractivity contribution in [1.82, 2.24) is 0 Å². The van der Waals surface area contributed by atoms with Crippen molar-refractivity contribution >= 4 is 23.2 Å². The molecule has 0 spiro atoms. The standard InChI is InChI=1S/C25H24N2O3/c1-17-15-24(27(18(2)28)20-11-7-4-8-12-20)22-16-21(29)13-14-23(22)26(17)25(30)19-9-5-3-6-10-19/h3-14,16-17,24,29H,15H2,1-2H3/t17-,24+/m1/s1. The van der Waals surface area contributed by atoms with Crippen LogP contribution in [0.1, 0.15) is 42.2 Å². The number of carbonyl (C=O) groups excluding carboxylic acids is 2. The summed E-state index contributed by atoms with van der Waals surface area (Å²) >= 11 is 0. The highest BCUT2D eigenvalue weighted by Gasteiger charge is 2.38. The summed E-state index contributed by atoms with van der Waals surface area (Å²) in [5.74, 6) is -0.0740. The monoisotopic (exact) mass is 400 g/mol. The summed E-state index contributed by atoms with van der Waals surface area (Å²) in [5, 5.41) is 10.2. The summed E-state index contributed by atoms with van der Waals surface area (Å²) in [7, 11) is 0. The number of hydrogen-bond donors (Lipinski definition) is 1. The van der Waals surface area contributed by atoms with E-state index in [4.69, 9.17) is 0 Å². The molecule has 30 heavy (non-hydrogen) atoms. The van der Waals surface area contributed by atoms with Crippen molar-refractivity contribution in [2.24, 2.45) is 0 Å². The predicted molar refractivity (Wildman–Crippen MR) is 118 cm³/mol. The Hall–Kier alpha value is -3.60. The molecule has 0 saturated carbocycles. The predicted octanol–water partition coefficient (Wildman–Crippen LogP) is 4.93. The lowest BCUT2D eigenvalue weighted by Crippen LogP contribution is -2.47. The molecule has 0 bridgehead atoms. The third kappa shape index (κ3) is 3.54. The van der Waals surface area contributed by atoms with Gasteiger partial charge in [-0.2, -0.15) is 0 Å². The summed E-state index contributed by atoms with van der Waals surface area (Å²) in [5.41, 5.74) is 2.87. The zero-order chi connectivity index (χ0) is 21.3. The molecule has 152 valence electrons. The number of amides is 2. The molecule has 3 aromatic carbocycles. The van der Waals surface area contributed by atoms with Crippen LogP contribution in [0.5, 0.6) is 5.75 Å². The average Bonchev–Trinajstić information content (AvgIpc) is 2.75. The summed E-state index contributed by atoms with van der Waals surface area (Å²) < 4.78 is 0. The minimum atomic E-state index is -0.290. The smallest absolute Gasteiger partial charge is 0.258 e. The molecule has 0 unspecified atom stereocenters. The normalized spacial score (nSPS) is 17.9. The molecular weight excluding hydrogens is 376 g/mol. The van der Waals surface area contributed by atoms with Crippen molar-refractivity contribution in [3.63, 3.8) is 0 Å². The second-order valence-electron chi connectivity index (χ2n) is 7.61. The van der Waals surface area contributed by atoms with Gasteiger partial charge in [-0.1, -0.05) is 36.4 Å². The van der Waals surface area contributed by atoms with Crippen LogP contribution in [0, 0.1) is 0 Å². The van der Waals surface area contributed by atoms with Gasteiger partial charge in [0.15, 0.2) is 0 Å². The number of hydrogen-bond acceptors (Lipinski definition) is 3. The highest BCUT2D eigenvalue weighted by molar-refractivity contribution is 6.07. The fraction of sp³-hybridized carbons (Fsp3) is 0.200. The van der Waals surface area contributed by atoms with Gasteiger partial charge in [-0.05, 0) is 55.8 Å². The van der Waals surface area contributed by atoms with Gasteiger partial charge in [-0.3, -0.25) is 9.59 Å². The Labute approximate surface area is 176 Å². The van der Waals surface area contributed by atoms with Crippen molar-refractivity contribution in [2.75, 3.05) is 9.80 Å². The van der Waals surface area contributed by atoms with E-state index in [-0.39, 0.29) is 29.6 Å². The van der Waals surface area contributed by atoms with Crippen molar-refractivity contribution < 1.29 is 14.7 Å². The van der Waals surface area contributed by atoms with Crippen LogP contribution < -0.4 is 9.80 Å².